The summed E-state index contributed by atoms with van der Waals surface area (Å²) in [6.45, 7) is 2.51. The van der Waals surface area contributed by atoms with Crippen molar-refractivity contribution < 1.29 is 14.3 Å². The number of carbonyl (C=O) groups is 2. The smallest absolute Gasteiger partial charge is 0.305 e. The van der Waals surface area contributed by atoms with E-state index in [9.17, 15) is 9.59 Å². The van der Waals surface area contributed by atoms with Gasteiger partial charge in [0.05, 0.1) is 17.4 Å². The van der Waals surface area contributed by atoms with Gasteiger partial charge in [-0.2, -0.15) is 0 Å². The van der Waals surface area contributed by atoms with Crippen LogP contribution in [0.15, 0.2) is 53.7 Å². The number of halogens is 2. The van der Waals surface area contributed by atoms with Gasteiger partial charge in [0.15, 0.2) is 11.0 Å². The molecular weight excluding hydrogens is 471 g/mol. The quantitative estimate of drug-likeness (QED) is 0.248. The van der Waals surface area contributed by atoms with E-state index in [-0.39, 0.29) is 24.1 Å². The van der Waals surface area contributed by atoms with Crippen LogP contribution in [0.25, 0.3) is 17.1 Å². The van der Waals surface area contributed by atoms with E-state index in [0.717, 1.165) is 5.69 Å². The topological polar surface area (TPSA) is 86.1 Å². The molecule has 0 radical (unpaired) electrons. The lowest BCUT2D eigenvalue weighted by atomic mass is 10.2. The molecule has 1 N–H and O–H groups in total. The fourth-order valence-corrected chi connectivity index (χ4v) is 4.17. The number of esters is 1. The Balaban J connectivity index is 1.71. The molecule has 0 aliphatic rings. The van der Waals surface area contributed by atoms with E-state index in [1.54, 1.807) is 25.1 Å². The molecule has 1 amide bonds. The van der Waals surface area contributed by atoms with Gasteiger partial charge in [-0.25, -0.2) is 0 Å². The zero-order chi connectivity index (χ0) is 22.9. The molecule has 3 rings (SSSR count). The minimum atomic E-state index is -0.263. The van der Waals surface area contributed by atoms with Gasteiger partial charge < -0.3 is 10.1 Å². The first-order valence-corrected chi connectivity index (χ1v) is 11.7. The van der Waals surface area contributed by atoms with E-state index >= 15 is 0 Å². The molecular formula is C22H22Cl2N4O3S. The van der Waals surface area contributed by atoms with Crippen molar-refractivity contribution in [2.24, 2.45) is 0 Å². The van der Waals surface area contributed by atoms with Crippen molar-refractivity contribution in [1.29, 1.82) is 0 Å². The Bertz CT molecular complexity index is 1080. The Kier molecular flexibility index (Phi) is 8.96. The molecule has 0 bridgehead atoms. The van der Waals surface area contributed by atoms with Crippen LogP contribution in [-0.2, 0) is 14.3 Å². The van der Waals surface area contributed by atoms with Crippen LogP contribution in [-0.4, -0.2) is 45.5 Å². The van der Waals surface area contributed by atoms with Crippen molar-refractivity contribution in [3.63, 3.8) is 0 Å². The number of thioether (sulfide) groups is 1. The summed E-state index contributed by atoms with van der Waals surface area (Å²) in [4.78, 5) is 23.6. The van der Waals surface area contributed by atoms with Gasteiger partial charge in [-0.3, -0.25) is 14.2 Å². The lowest BCUT2D eigenvalue weighted by Gasteiger charge is -2.11. The third-order valence-corrected chi connectivity index (χ3v) is 5.81. The van der Waals surface area contributed by atoms with Gasteiger partial charge in [0.25, 0.3) is 0 Å². The second-order valence-corrected chi connectivity index (χ2v) is 8.43. The van der Waals surface area contributed by atoms with Crippen LogP contribution in [0.1, 0.15) is 19.8 Å². The molecule has 0 atom stereocenters. The Morgan fingerprint density at radius 2 is 1.91 bits per heavy atom. The Morgan fingerprint density at radius 1 is 1.12 bits per heavy atom. The van der Waals surface area contributed by atoms with E-state index in [0.29, 0.717) is 46.2 Å². The van der Waals surface area contributed by atoms with Crippen LogP contribution in [0.4, 0.5) is 0 Å². The summed E-state index contributed by atoms with van der Waals surface area (Å²) in [6.07, 6.45) is 0.795. The summed E-state index contributed by atoms with van der Waals surface area (Å²) >= 11 is 13.7. The number of benzene rings is 2. The fourth-order valence-electron chi connectivity index (χ4n) is 2.89. The highest BCUT2D eigenvalue weighted by molar-refractivity contribution is 7.99. The normalized spacial score (nSPS) is 10.7. The van der Waals surface area contributed by atoms with Crippen LogP contribution in [0.2, 0.25) is 10.0 Å². The number of amides is 1. The highest BCUT2D eigenvalue weighted by atomic mass is 35.5. The van der Waals surface area contributed by atoms with Gasteiger partial charge in [0, 0.05) is 29.2 Å². The monoisotopic (exact) mass is 492 g/mol. The van der Waals surface area contributed by atoms with E-state index in [2.05, 4.69) is 15.5 Å². The van der Waals surface area contributed by atoms with Gasteiger partial charge >= 0.3 is 5.97 Å². The molecule has 10 heteroatoms. The maximum absolute atomic E-state index is 12.3. The molecule has 7 nitrogen and oxygen atoms in total. The van der Waals surface area contributed by atoms with E-state index in [4.69, 9.17) is 27.9 Å². The Hall–Kier alpha value is -2.55. The summed E-state index contributed by atoms with van der Waals surface area (Å²) in [7, 11) is 0. The molecule has 0 aliphatic heterocycles. The second-order valence-electron chi connectivity index (χ2n) is 6.65. The predicted molar refractivity (Wildman–Crippen MR) is 126 cm³/mol. The number of para-hydroxylation sites is 1. The van der Waals surface area contributed by atoms with Crippen LogP contribution in [0.5, 0.6) is 0 Å². The number of aromatic nitrogens is 3. The molecule has 0 unspecified atom stereocenters. The summed E-state index contributed by atoms with van der Waals surface area (Å²) in [5.74, 6) is 0.280. The van der Waals surface area contributed by atoms with Crippen molar-refractivity contribution in [2.45, 2.75) is 24.9 Å². The van der Waals surface area contributed by atoms with Crippen molar-refractivity contribution >= 4 is 46.8 Å². The van der Waals surface area contributed by atoms with Crippen LogP contribution < -0.4 is 5.32 Å². The molecule has 0 saturated carbocycles. The molecule has 2 aromatic carbocycles. The minimum Gasteiger partial charge on any atom is -0.466 e. The first-order valence-electron chi connectivity index (χ1n) is 10.0. The van der Waals surface area contributed by atoms with E-state index in [1.807, 2.05) is 34.9 Å². The SMILES string of the molecule is CCOC(=O)CCCNC(=O)CSc1nnc(-c2ccc(Cl)cc2Cl)n1-c1ccccc1. The Morgan fingerprint density at radius 3 is 2.62 bits per heavy atom. The third kappa shape index (κ3) is 6.48. The summed E-state index contributed by atoms with van der Waals surface area (Å²) < 4.78 is 6.73. The fraction of sp³-hybridized carbons (Fsp3) is 0.273. The number of hydrogen-bond donors (Lipinski definition) is 1. The van der Waals surface area contributed by atoms with Gasteiger partial charge in [-0.15, -0.1) is 10.2 Å². The first-order chi connectivity index (χ1) is 15.5. The summed E-state index contributed by atoms with van der Waals surface area (Å²) in [5.41, 5.74) is 1.53. The highest BCUT2D eigenvalue weighted by Gasteiger charge is 2.19. The predicted octanol–water partition coefficient (Wildman–Crippen LogP) is 4.79. The summed E-state index contributed by atoms with van der Waals surface area (Å²) in [5, 5.41) is 13.0. The van der Waals surface area contributed by atoms with Crippen LogP contribution >= 0.6 is 35.0 Å². The van der Waals surface area contributed by atoms with Crippen molar-refractivity contribution in [3.05, 3.63) is 58.6 Å². The minimum absolute atomic E-state index is 0.152. The maximum atomic E-state index is 12.3. The first kappa shape index (κ1) is 24.1. The number of nitrogens with zero attached hydrogens (tertiary/aromatic N) is 3. The number of ether oxygens (including phenoxy) is 1. The molecule has 3 aromatic rings. The highest BCUT2D eigenvalue weighted by Crippen LogP contribution is 2.33. The Labute approximate surface area is 200 Å². The van der Waals surface area contributed by atoms with Gasteiger partial charge in [0.1, 0.15) is 0 Å². The molecule has 1 aromatic heterocycles. The number of nitrogens with one attached hydrogen (secondary N) is 1. The second kappa shape index (κ2) is 11.9. The molecule has 1 heterocycles. The average molecular weight is 493 g/mol. The zero-order valence-electron chi connectivity index (χ0n) is 17.4. The largest absolute Gasteiger partial charge is 0.466 e. The number of hydrogen-bond acceptors (Lipinski definition) is 6. The molecule has 168 valence electrons. The molecule has 32 heavy (non-hydrogen) atoms. The van der Waals surface area contributed by atoms with Gasteiger partial charge in [-0.05, 0) is 43.7 Å². The third-order valence-electron chi connectivity index (χ3n) is 4.34. The van der Waals surface area contributed by atoms with E-state index in [1.165, 1.54) is 11.8 Å². The molecule has 0 fully saturated rings. The average Bonchev–Trinajstić information content (AvgIpc) is 3.20. The summed E-state index contributed by atoms with van der Waals surface area (Å²) in [6, 6.07) is 14.8. The number of rotatable bonds is 10. The van der Waals surface area contributed by atoms with Crippen LogP contribution in [0.3, 0.4) is 0 Å². The maximum Gasteiger partial charge on any atom is 0.305 e. The molecule has 0 spiro atoms. The zero-order valence-corrected chi connectivity index (χ0v) is 19.7. The van der Waals surface area contributed by atoms with Crippen molar-refractivity contribution in [1.82, 2.24) is 20.1 Å². The lowest BCUT2D eigenvalue weighted by Crippen LogP contribution is -2.26. The van der Waals surface area contributed by atoms with Gasteiger partial charge in [-0.1, -0.05) is 53.2 Å². The van der Waals surface area contributed by atoms with Gasteiger partial charge in [0.2, 0.25) is 5.91 Å². The molecule has 0 saturated heterocycles. The van der Waals surface area contributed by atoms with Crippen molar-refractivity contribution in [3.8, 4) is 17.1 Å². The lowest BCUT2D eigenvalue weighted by molar-refractivity contribution is -0.143. The van der Waals surface area contributed by atoms with Crippen LogP contribution in [0, 0.1) is 0 Å². The molecule has 0 aliphatic carbocycles. The van der Waals surface area contributed by atoms with Crippen molar-refractivity contribution in [2.75, 3.05) is 18.9 Å². The standard InChI is InChI=1S/C22H22Cl2N4O3S/c1-2-31-20(30)9-6-12-25-19(29)14-32-22-27-26-21(17-11-10-15(23)13-18(17)24)28(22)16-7-4-3-5-8-16/h3-5,7-8,10-11,13H,2,6,9,12,14H2,1H3,(H,25,29). The van der Waals surface area contributed by atoms with E-state index < -0.39 is 0 Å². The number of carbonyl (C=O) groups excluding carboxylic acids is 2.